The molecule has 27 heavy (non-hydrogen) atoms. The van der Waals surface area contributed by atoms with Crippen molar-refractivity contribution >= 4 is 5.91 Å². The number of hydrogen-bond acceptors (Lipinski definition) is 4. The fourth-order valence-electron chi connectivity index (χ4n) is 4.86. The van der Waals surface area contributed by atoms with E-state index in [9.17, 15) is 4.79 Å². The van der Waals surface area contributed by atoms with Crippen molar-refractivity contribution in [3.8, 4) is 0 Å². The highest BCUT2D eigenvalue weighted by atomic mass is 16.5. The molecule has 1 atom stereocenters. The summed E-state index contributed by atoms with van der Waals surface area (Å²) in [5, 5.41) is 4.17. The van der Waals surface area contributed by atoms with Gasteiger partial charge in [0.25, 0.3) is 5.91 Å². The molecule has 1 amide bonds. The molecule has 3 heterocycles. The average molecular weight is 368 g/mol. The molecule has 2 aromatic heterocycles. The van der Waals surface area contributed by atoms with Crippen molar-refractivity contribution in [1.82, 2.24) is 19.6 Å². The van der Waals surface area contributed by atoms with Crippen LogP contribution in [0.25, 0.3) is 0 Å². The van der Waals surface area contributed by atoms with Gasteiger partial charge in [-0.15, -0.1) is 0 Å². The molecule has 6 heteroatoms. The van der Waals surface area contributed by atoms with Crippen LogP contribution in [0.5, 0.6) is 0 Å². The van der Waals surface area contributed by atoms with E-state index >= 15 is 0 Å². The van der Waals surface area contributed by atoms with E-state index in [4.69, 9.17) is 4.52 Å². The van der Waals surface area contributed by atoms with Gasteiger partial charge in [-0.25, -0.2) is 4.98 Å². The maximum atomic E-state index is 13.1. The molecule has 2 fully saturated rings. The lowest BCUT2D eigenvalue weighted by atomic mass is 9.85. The molecule has 0 N–H and O–H groups in total. The molecule has 0 spiro atoms. The number of likely N-dealkylation sites (tertiary alicyclic amines) is 1. The highest BCUT2D eigenvalue weighted by molar-refractivity contribution is 5.93. The van der Waals surface area contributed by atoms with Crippen LogP contribution in [0.15, 0.2) is 16.9 Å². The second-order valence-corrected chi connectivity index (χ2v) is 8.47. The van der Waals surface area contributed by atoms with Crippen LogP contribution in [0.4, 0.5) is 0 Å². The highest BCUT2D eigenvalue weighted by Gasteiger charge is 2.33. The Bertz CT molecular complexity index is 820. The molecule has 0 aromatic carbocycles. The number of imidazole rings is 1. The van der Waals surface area contributed by atoms with E-state index in [-0.39, 0.29) is 5.91 Å². The quantitative estimate of drug-likeness (QED) is 0.828. The van der Waals surface area contributed by atoms with Crippen LogP contribution < -0.4 is 0 Å². The normalized spacial score (nSPS) is 23.1. The van der Waals surface area contributed by atoms with Crippen molar-refractivity contribution in [2.24, 2.45) is 5.92 Å². The number of aryl methyl sites for hydroxylation is 1. The number of fused-ring (bicyclic) bond motifs is 1. The lowest BCUT2D eigenvalue weighted by Crippen LogP contribution is -2.40. The second kappa shape index (κ2) is 7.13. The van der Waals surface area contributed by atoms with Crippen molar-refractivity contribution in [2.75, 3.05) is 13.1 Å². The number of piperidine rings is 1. The molecule has 1 aliphatic heterocycles. The Hall–Kier alpha value is -2.11. The molecule has 6 nitrogen and oxygen atoms in total. The third-order valence-electron chi connectivity index (χ3n) is 6.66. The van der Waals surface area contributed by atoms with E-state index in [0.29, 0.717) is 11.7 Å². The zero-order chi connectivity index (χ0) is 18.2. The minimum Gasteiger partial charge on any atom is -0.350 e. The molecule has 3 aliphatic rings. The van der Waals surface area contributed by atoms with Crippen LogP contribution in [0.3, 0.4) is 0 Å². The zero-order valence-corrected chi connectivity index (χ0v) is 15.9. The summed E-state index contributed by atoms with van der Waals surface area (Å²) in [5.74, 6) is 2.78. The Labute approximate surface area is 159 Å². The van der Waals surface area contributed by atoms with E-state index in [1.165, 1.54) is 19.3 Å². The lowest BCUT2D eigenvalue weighted by Gasteiger charge is -2.33. The summed E-state index contributed by atoms with van der Waals surface area (Å²) in [7, 11) is 0. The molecule has 5 rings (SSSR count). The van der Waals surface area contributed by atoms with E-state index < -0.39 is 0 Å². The SMILES string of the molecule is O=C(c1onc2c1CCCC2)N1CCC[C@H](c2nccn2CC2CCC2)C1. The third kappa shape index (κ3) is 3.19. The number of aromatic nitrogens is 3. The van der Waals surface area contributed by atoms with E-state index in [1.54, 1.807) is 0 Å². The second-order valence-electron chi connectivity index (χ2n) is 8.47. The van der Waals surface area contributed by atoms with Crippen LogP contribution in [0.2, 0.25) is 0 Å². The van der Waals surface area contributed by atoms with Crippen LogP contribution in [0.1, 0.15) is 78.5 Å². The van der Waals surface area contributed by atoms with Crippen LogP contribution >= 0.6 is 0 Å². The molecule has 0 radical (unpaired) electrons. The maximum absolute atomic E-state index is 13.1. The van der Waals surface area contributed by atoms with Crippen LogP contribution in [-0.4, -0.2) is 38.6 Å². The van der Waals surface area contributed by atoms with Gasteiger partial charge in [-0.1, -0.05) is 11.6 Å². The third-order valence-corrected chi connectivity index (χ3v) is 6.66. The zero-order valence-electron chi connectivity index (χ0n) is 15.9. The monoisotopic (exact) mass is 368 g/mol. The maximum Gasteiger partial charge on any atom is 0.292 e. The van der Waals surface area contributed by atoms with Gasteiger partial charge in [-0.3, -0.25) is 4.79 Å². The number of carbonyl (C=O) groups is 1. The summed E-state index contributed by atoms with van der Waals surface area (Å²) in [6, 6.07) is 0. The van der Waals surface area contributed by atoms with Crippen LogP contribution in [0, 0.1) is 5.92 Å². The van der Waals surface area contributed by atoms with Crippen molar-refractivity contribution in [2.45, 2.75) is 70.3 Å². The number of carbonyl (C=O) groups excluding carboxylic acids is 1. The number of rotatable bonds is 4. The summed E-state index contributed by atoms with van der Waals surface area (Å²) in [4.78, 5) is 19.8. The predicted octanol–water partition coefficient (Wildman–Crippen LogP) is 3.57. The van der Waals surface area contributed by atoms with Gasteiger partial charge < -0.3 is 14.0 Å². The van der Waals surface area contributed by atoms with Crippen LogP contribution in [-0.2, 0) is 19.4 Å². The smallest absolute Gasteiger partial charge is 0.292 e. The Morgan fingerprint density at radius 2 is 2.04 bits per heavy atom. The Morgan fingerprint density at radius 1 is 1.15 bits per heavy atom. The minimum atomic E-state index is 0.0208. The van der Waals surface area contributed by atoms with Gasteiger partial charge in [0.1, 0.15) is 5.82 Å². The standard InChI is InChI=1S/C21H28N4O2/c26-21(19-17-8-1-2-9-18(17)23-27-19)25-11-4-7-16(14-25)20-22-10-12-24(20)13-15-5-3-6-15/h10,12,15-16H,1-9,11,13-14H2/t16-/m0/s1. The number of nitrogens with zero attached hydrogens (tertiary/aromatic N) is 4. The lowest BCUT2D eigenvalue weighted by molar-refractivity contribution is 0.0659. The first-order chi connectivity index (χ1) is 13.3. The average Bonchev–Trinajstić information content (AvgIpc) is 3.31. The van der Waals surface area contributed by atoms with Gasteiger partial charge in [0.05, 0.1) is 5.69 Å². The number of amides is 1. The molecule has 0 bridgehead atoms. The van der Waals surface area contributed by atoms with E-state index in [1.807, 2.05) is 11.1 Å². The summed E-state index contributed by atoms with van der Waals surface area (Å²) >= 11 is 0. The molecular formula is C21H28N4O2. The molecule has 0 unspecified atom stereocenters. The van der Waals surface area contributed by atoms with Crippen molar-refractivity contribution in [3.05, 3.63) is 35.2 Å². The Morgan fingerprint density at radius 3 is 2.89 bits per heavy atom. The minimum absolute atomic E-state index is 0.0208. The summed E-state index contributed by atoms with van der Waals surface area (Å²) < 4.78 is 7.83. The summed E-state index contributed by atoms with van der Waals surface area (Å²) in [6.07, 6.45) is 14.3. The largest absolute Gasteiger partial charge is 0.350 e. The van der Waals surface area contributed by atoms with Crippen molar-refractivity contribution in [1.29, 1.82) is 0 Å². The topological polar surface area (TPSA) is 64.2 Å². The van der Waals surface area contributed by atoms with E-state index in [2.05, 4.69) is 20.9 Å². The Kier molecular flexibility index (Phi) is 4.50. The molecule has 1 saturated heterocycles. The molecule has 1 saturated carbocycles. The first kappa shape index (κ1) is 17.0. The van der Waals surface area contributed by atoms with Crippen molar-refractivity contribution in [3.63, 3.8) is 0 Å². The first-order valence-corrected chi connectivity index (χ1v) is 10.6. The van der Waals surface area contributed by atoms with Gasteiger partial charge in [0, 0.05) is 43.5 Å². The fraction of sp³-hybridized carbons (Fsp3) is 0.667. The van der Waals surface area contributed by atoms with Gasteiger partial charge in [-0.05, 0) is 57.3 Å². The van der Waals surface area contributed by atoms with Gasteiger partial charge >= 0.3 is 0 Å². The number of hydrogen-bond donors (Lipinski definition) is 0. The van der Waals surface area contributed by atoms with Crippen molar-refractivity contribution < 1.29 is 9.32 Å². The molecule has 2 aliphatic carbocycles. The summed E-state index contributed by atoms with van der Waals surface area (Å²) in [5.41, 5.74) is 2.05. The van der Waals surface area contributed by atoms with Gasteiger partial charge in [0.15, 0.2) is 0 Å². The fourth-order valence-corrected chi connectivity index (χ4v) is 4.86. The van der Waals surface area contributed by atoms with E-state index in [0.717, 1.165) is 81.2 Å². The first-order valence-electron chi connectivity index (χ1n) is 10.6. The van der Waals surface area contributed by atoms with Gasteiger partial charge in [0.2, 0.25) is 5.76 Å². The Balaban J connectivity index is 1.32. The summed E-state index contributed by atoms with van der Waals surface area (Å²) in [6.45, 7) is 2.61. The molecular weight excluding hydrogens is 340 g/mol. The molecule has 144 valence electrons. The van der Waals surface area contributed by atoms with Gasteiger partial charge in [-0.2, -0.15) is 0 Å². The highest BCUT2D eigenvalue weighted by Crippen LogP contribution is 2.32. The molecule has 2 aromatic rings. The predicted molar refractivity (Wildman–Crippen MR) is 101 cm³/mol.